The second kappa shape index (κ2) is 7.20. The van der Waals surface area contributed by atoms with Gasteiger partial charge in [-0.15, -0.1) is 0 Å². The number of amides is 1. The molecule has 2 aromatic carbocycles. The number of halogens is 4. The summed E-state index contributed by atoms with van der Waals surface area (Å²) in [5.41, 5.74) is -0.613. The highest BCUT2D eigenvalue weighted by atomic mass is 35.5. The molecule has 1 N–H and O–H groups in total. The number of carbonyl (C=O) groups is 1. The number of carbonyl (C=O) groups excluding carboxylic acids is 1. The first-order valence-corrected chi connectivity index (χ1v) is 7.03. The maximum atomic E-state index is 12.7. The van der Waals surface area contributed by atoms with E-state index in [4.69, 9.17) is 16.9 Å². The van der Waals surface area contributed by atoms with E-state index in [1.807, 2.05) is 0 Å². The third kappa shape index (κ3) is 4.61. The number of nitrogens with one attached hydrogen (secondary N) is 1. The number of rotatable bonds is 3. The molecule has 24 heavy (non-hydrogen) atoms. The van der Waals surface area contributed by atoms with Crippen LogP contribution in [0.25, 0.3) is 6.08 Å². The SMILES string of the molecule is N#C/C(=C\c1ccc(Cl)cc1)C(=O)Nc1cccc(C(F)(F)F)c1. The van der Waals surface area contributed by atoms with Gasteiger partial charge in [-0.05, 0) is 42.0 Å². The second-order valence-corrected chi connectivity index (χ2v) is 5.19. The number of hydrogen-bond donors (Lipinski definition) is 1. The molecule has 2 aromatic rings. The van der Waals surface area contributed by atoms with E-state index >= 15 is 0 Å². The van der Waals surface area contributed by atoms with Crippen LogP contribution in [0.3, 0.4) is 0 Å². The van der Waals surface area contributed by atoms with Crippen LogP contribution < -0.4 is 5.32 Å². The lowest BCUT2D eigenvalue weighted by Gasteiger charge is -2.09. The first-order valence-electron chi connectivity index (χ1n) is 6.65. The molecule has 0 atom stereocenters. The van der Waals surface area contributed by atoms with Gasteiger partial charge >= 0.3 is 6.18 Å². The Hall–Kier alpha value is -2.78. The minimum Gasteiger partial charge on any atom is -0.321 e. The molecule has 0 aliphatic heterocycles. The summed E-state index contributed by atoms with van der Waals surface area (Å²) in [4.78, 5) is 12.1. The Morgan fingerprint density at radius 2 is 1.83 bits per heavy atom. The number of nitriles is 1. The van der Waals surface area contributed by atoms with Crippen LogP contribution >= 0.6 is 11.6 Å². The summed E-state index contributed by atoms with van der Waals surface area (Å²) in [6, 6.07) is 12.3. The smallest absolute Gasteiger partial charge is 0.321 e. The first kappa shape index (κ1) is 17.6. The van der Waals surface area contributed by atoms with Crippen molar-refractivity contribution in [2.45, 2.75) is 6.18 Å². The Balaban J connectivity index is 2.21. The summed E-state index contributed by atoms with van der Waals surface area (Å²) in [5.74, 6) is -0.799. The van der Waals surface area contributed by atoms with E-state index in [0.717, 1.165) is 12.1 Å². The first-order chi connectivity index (χ1) is 11.3. The number of anilines is 1. The fraction of sp³-hybridized carbons (Fsp3) is 0.0588. The average molecular weight is 351 g/mol. The molecule has 0 saturated heterocycles. The molecule has 2 rings (SSSR count). The molecule has 0 radical (unpaired) electrons. The van der Waals surface area contributed by atoms with E-state index in [9.17, 15) is 18.0 Å². The molecule has 0 aliphatic rings. The highest BCUT2D eigenvalue weighted by Gasteiger charge is 2.30. The summed E-state index contributed by atoms with van der Waals surface area (Å²) in [7, 11) is 0. The Bertz CT molecular complexity index is 821. The number of benzene rings is 2. The van der Waals surface area contributed by atoms with Gasteiger partial charge in [0.2, 0.25) is 0 Å². The zero-order chi connectivity index (χ0) is 17.7. The molecular formula is C17H10ClF3N2O. The number of nitrogens with zero attached hydrogens (tertiary/aromatic N) is 1. The maximum absolute atomic E-state index is 12.7. The maximum Gasteiger partial charge on any atom is 0.416 e. The van der Waals surface area contributed by atoms with Crippen molar-refractivity contribution in [3.8, 4) is 6.07 Å². The standard InChI is InChI=1S/C17H10ClF3N2O/c18-14-6-4-11(5-7-14)8-12(10-22)16(24)23-15-3-1-2-13(9-15)17(19,20)21/h1-9H,(H,23,24)/b12-8+. The zero-order valence-electron chi connectivity index (χ0n) is 12.1. The monoisotopic (exact) mass is 350 g/mol. The van der Waals surface area contributed by atoms with Gasteiger partial charge in [-0.25, -0.2) is 0 Å². The van der Waals surface area contributed by atoms with Crippen molar-refractivity contribution in [1.29, 1.82) is 5.26 Å². The molecule has 122 valence electrons. The fourth-order valence-corrected chi connectivity index (χ4v) is 1.97. The zero-order valence-corrected chi connectivity index (χ0v) is 12.8. The molecule has 0 unspecified atom stereocenters. The van der Waals surface area contributed by atoms with Crippen LogP contribution in [0.2, 0.25) is 5.02 Å². The molecule has 1 amide bonds. The molecule has 7 heteroatoms. The fourth-order valence-electron chi connectivity index (χ4n) is 1.85. The predicted molar refractivity (Wildman–Crippen MR) is 85.1 cm³/mol. The topological polar surface area (TPSA) is 52.9 Å². The largest absolute Gasteiger partial charge is 0.416 e. The Kier molecular flexibility index (Phi) is 5.27. The van der Waals surface area contributed by atoms with Crippen LogP contribution in [-0.4, -0.2) is 5.91 Å². The van der Waals surface area contributed by atoms with E-state index in [2.05, 4.69) is 5.32 Å². The Morgan fingerprint density at radius 3 is 2.42 bits per heavy atom. The second-order valence-electron chi connectivity index (χ2n) is 4.75. The molecule has 0 fully saturated rings. The summed E-state index contributed by atoms with van der Waals surface area (Å²) in [5, 5.41) is 11.9. The van der Waals surface area contributed by atoms with Crippen molar-refractivity contribution in [3.63, 3.8) is 0 Å². The van der Waals surface area contributed by atoms with Gasteiger partial charge < -0.3 is 5.32 Å². The van der Waals surface area contributed by atoms with Gasteiger partial charge in [0.25, 0.3) is 5.91 Å². The lowest BCUT2D eigenvalue weighted by atomic mass is 10.1. The molecule has 0 spiro atoms. The van der Waals surface area contributed by atoms with Crippen LogP contribution in [0.4, 0.5) is 18.9 Å². The molecule has 0 heterocycles. The van der Waals surface area contributed by atoms with Gasteiger partial charge in [-0.2, -0.15) is 18.4 Å². The lowest BCUT2D eigenvalue weighted by molar-refractivity contribution is -0.137. The van der Waals surface area contributed by atoms with Gasteiger partial charge in [-0.3, -0.25) is 4.79 Å². The van der Waals surface area contributed by atoms with Crippen LogP contribution in [0.15, 0.2) is 54.1 Å². The van der Waals surface area contributed by atoms with E-state index < -0.39 is 17.6 Å². The lowest BCUT2D eigenvalue weighted by Crippen LogP contribution is -2.14. The minimum absolute atomic E-state index is 0.0490. The van der Waals surface area contributed by atoms with Gasteiger partial charge in [0.15, 0.2) is 0 Å². The van der Waals surface area contributed by atoms with Crippen molar-refractivity contribution in [3.05, 3.63) is 70.3 Å². The van der Waals surface area contributed by atoms with Gasteiger partial charge in [0.1, 0.15) is 11.6 Å². The van der Waals surface area contributed by atoms with Crippen LogP contribution in [0.5, 0.6) is 0 Å². The van der Waals surface area contributed by atoms with Crippen molar-refractivity contribution in [2.75, 3.05) is 5.32 Å². The molecule has 0 saturated carbocycles. The Morgan fingerprint density at radius 1 is 1.17 bits per heavy atom. The number of alkyl halides is 3. The third-order valence-corrected chi connectivity index (χ3v) is 3.25. The quantitative estimate of drug-likeness (QED) is 0.632. The van der Waals surface area contributed by atoms with Crippen molar-refractivity contribution < 1.29 is 18.0 Å². The molecule has 0 bridgehead atoms. The summed E-state index contributed by atoms with van der Waals surface area (Å²) >= 11 is 5.75. The van der Waals surface area contributed by atoms with E-state index in [1.165, 1.54) is 18.2 Å². The predicted octanol–water partition coefficient (Wildman–Crippen LogP) is 4.90. The summed E-state index contributed by atoms with van der Waals surface area (Å²) in [6.07, 6.45) is -3.20. The highest BCUT2D eigenvalue weighted by molar-refractivity contribution is 6.30. The molecular weight excluding hydrogens is 341 g/mol. The number of hydrogen-bond acceptors (Lipinski definition) is 2. The van der Waals surface area contributed by atoms with E-state index in [-0.39, 0.29) is 11.3 Å². The normalized spacial score (nSPS) is 11.7. The Labute approximate surface area is 141 Å². The van der Waals surface area contributed by atoms with Crippen LogP contribution in [-0.2, 0) is 11.0 Å². The minimum atomic E-state index is -4.52. The molecule has 3 nitrogen and oxygen atoms in total. The average Bonchev–Trinajstić information content (AvgIpc) is 2.53. The summed E-state index contributed by atoms with van der Waals surface area (Å²) in [6.45, 7) is 0. The third-order valence-electron chi connectivity index (χ3n) is 2.99. The van der Waals surface area contributed by atoms with Crippen LogP contribution in [0, 0.1) is 11.3 Å². The van der Waals surface area contributed by atoms with Gasteiger partial charge in [0, 0.05) is 10.7 Å². The van der Waals surface area contributed by atoms with Gasteiger partial charge in [0.05, 0.1) is 5.56 Å². The van der Waals surface area contributed by atoms with Gasteiger partial charge in [-0.1, -0.05) is 29.8 Å². The summed E-state index contributed by atoms with van der Waals surface area (Å²) < 4.78 is 38.0. The van der Waals surface area contributed by atoms with Crippen LogP contribution in [0.1, 0.15) is 11.1 Å². The van der Waals surface area contributed by atoms with E-state index in [1.54, 1.807) is 30.3 Å². The van der Waals surface area contributed by atoms with E-state index in [0.29, 0.717) is 10.6 Å². The van der Waals surface area contributed by atoms with Crippen molar-refractivity contribution in [1.82, 2.24) is 0 Å². The molecule has 0 aromatic heterocycles. The highest BCUT2D eigenvalue weighted by Crippen LogP contribution is 2.30. The molecule has 0 aliphatic carbocycles. The van der Waals surface area contributed by atoms with Crippen molar-refractivity contribution in [2.24, 2.45) is 0 Å². The van der Waals surface area contributed by atoms with Crippen molar-refractivity contribution >= 4 is 29.3 Å².